The molecular weight excluding hydrogens is 226 g/mol. The van der Waals surface area contributed by atoms with E-state index in [1.807, 2.05) is 4.90 Å². The van der Waals surface area contributed by atoms with Crippen molar-refractivity contribution in [2.75, 3.05) is 23.7 Å². The number of piperidine rings is 1. The Hall–Kier alpha value is -1.00. The smallest absolute Gasteiger partial charge is 0.130 e. The second-order valence-corrected chi connectivity index (χ2v) is 4.87. The molecule has 1 aromatic heterocycles. The second kappa shape index (κ2) is 4.47. The fraction of sp³-hybridized carbons (Fsp3) is 0.545. The summed E-state index contributed by atoms with van der Waals surface area (Å²) in [5.41, 5.74) is 6.26. The number of nitrogens with zero attached hydrogens (tertiary/aromatic N) is 2. The maximum atomic E-state index is 9.71. The maximum absolute atomic E-state index is 9.71. The van der Waals surface area contributed by atoms with Crippen molar-refractivity contribution < 1.29 is 5.11 Å². The largest absolute Gasteiger partial charge is 0.397 e. The Morgan fingerprint density at radius 3 is 2.94 bits per heavy atom. The normalized spacial score (nSPS) is 25.8. The van der Waals surface area contributed by atoms with Crippen molar-refractivity contribution in [2.24, 2.45) is 5.92 Å². The number of rotatable bonds is 1. The molecule has 0 aliphatic carbocycles. The van der Waals surface area contributed by atoms with E-state index in [1.165, 1.54) is 0 Å². The van der Waals surface area contributed by atoms with Crippen molar-refractivity contribution in [2.45, 2.75) is 19.4 Å². The molecule has 1 aliphatic heterocycles. The molecule has 1 aliphatic rings. The van der Waals surface area contributed by atoms with Gasteiger partial charge in [0.2, 0.25) is 0 Å². The molecule has 0 unspecified atom stereocenters. The highest BCUT2D eigenvalue weighted by molar-refractivity contribution is 6.32. The number of nitrogen functional groups attached to an aromatic ring is 1. The van der Waals surface area contributed by atoms with Gasteiger partial charge < -0.3 is 15.7 Å². The predicted molar refractivity (Wildman–Crippen MR) is 65.7 cm³/mol. The van der Waals surface area contributed by atoms with E-state index in [9.17, 15) is 5.11 Å². The molecular formula is C11H16ClN3O. The topological polar surface area (TPSA) is 62.4 Å². The van der Waals surface area contributed by atoms with Crippen molar-refractivity contribution in [3.05, 3.63) is 17.3 Å². The van der Waals surface area contributed by atoms with Crippen molar-refractivity contribution >= 4 is 23.1 Å². The first-order valence-electron chi connectivity index (χ1n) is 5.40. The standard InChI is InChI=1S/C11H16ClN3O/c1-7-2-8(16)6-15(5-7)11-3-10(13)9(12)4-14-11/h3-4,7-8,16H,2,5-6H2,1H3,(H2,13,14)/t7-,8+/m0/s1. The van der Waals surface area contributed by atoms with Crippen LogP contribution in [-0.2, 0) is 0 Å². The number of aliphatic hydroxyl groups is 1. The molecule has 0 bridgehead atoms. The lowest BCUT2D eigenvalue weighted by Crippen LogP contribution is -2.42. The van der Waals surface area contributed by atoms with Crippen LogP contribution >= 0.6 is 11.6 Å². The van der Waals surface area contributed by atoms with Crippen molar-refractivity contribution in [1.82, 2.24) is 4.98 Å². The molecule has 0 amide bonds. The zero-order valence-electron chi connectivity index (χ0n) is 9.23. The van der Waals surface area contributed by atoms with E-state index in [-0.39, 0.29) is 6.10 Å². The van der Waals surface area contributed by atoms with E-state index in [0.717, 1.165) is 18.8 Å². The van der Waals surface area contributed by atoms with Gasteiger partial charge in [0.05, 0.1) is 16.8 Å². The maximum Gasteiger partial charge on any atom is 0.130 e. The van der Waals surface area contributed by atoms with Gasteiger partial charge in [-0.3, -0.25) is 0 Å². The third-order valence-electron chi connectivity index (χ3n) is 2.83. The van der Waals surface area contributed by atoms with Gasteiger partial charge in [-0.15, -0.1) is 0 Å². The Labute approximate surface area is 100 Å². The number of hydrogen-bond donors (Lipinski definition) is 2. The SMILES string of the molecule is C[C@H]1C[C@@H](O)CN(c2cc(N)c(Cl)cn2)C1. The van der Waals surface area contributed by atoms with Gasteiger partial charge in [-0.05, 0) is 12.3 Å². The summed E-state index contributed by atoms with van der Waals surface area (Å²) in [7, 11) is 0. The van der Waals surface area contributed by atoms with Crippen LogP contribution in [0.2, 0.25) is 5.02 Å². The number of halogens is 1. The summed E-state index contributed by atoms with van der Waals surface area (Å²) in [6.07, 6.45) is 2.11. The number of anilines is 2. The lowest BCUT2D eigenvalue weighted by Gasteiger charge is -2.35. The fourth-order valence-corrected chi connectivity index (χ4v) is 2.22. The van der Waals surface area contributed by atoms with E-state index >= 15 is 0 Å². The van der Waals surface area contributed by atoms with Gasteiger partial charge in [-0.25, -0.2) is 4.98 Å². The zero-order chi connectivity index (χ0) is 11.7. The first-order valence-corrected chi connectivity index (χ1v) is 5.78. The second-order valence-electron chi connectivity index (χ2n) is 4.46. The van der Waals surface area contributed by atoms with Crippen LogP contribution in [0.1, 0.15) is 13.3 Å². The van der Waals surface area contributed by atoms with Crippen LogP contribution in [-0.4, -0.2) is 29.3 Å². The minimum atomic E-state index is -0.289. The van der Waals surface area contributed by atoms with Crippen molar-refractivity contribution in [3.63, 3.8) is 0 Å². The summed E-state index contributed by atoms with van der Waals surface area (Å²) in [6.45, 7) is 3.62. The number of hydrogen-bond acceptors (Lipinski definition) is 4. The number of nitrogens with two attached hydrogens (primary N) is 1. The van der Waals surface area contributed by atoms with Crippen LogP contribution in [0.25, 0.3) is 0 Å². The predicted octanol–water partition coefficient (Wildman–Crippen LogP) is 1.52. The summed E-state index contributed by atoms with van der Waals surface area (Å²) in [5, 5.41) is 10.2. The van der Waals surface area contributed by atoms with Crippen LogP contribution in [0.3, 0.4) is 0 Å². The quantitative estimate of drug-likeness (QED) is 0.783. The highest BCUT2D eigenvalue weighted by Crippen LogP contribution is 2.26. The first kappa shape index (κ1) is 11.5. The third kappa shape index (κ3) is 2.39. The van der Waals surface area contributed by atoms with E-state index < -0.39 is 0 Å². The molecule has 4 nitrogen and oxygen atoms in total. The lowest BCUT2D eigenvalue weighted by atomic mass is 9.98. The molecule has 0 saturated carbocycles. The van der Waals surface area contributed by atoms with E-state index in [4.69, 9.17) is 17.3 Å². The number of β-amino-alcohol motifs (C(OH)–C–C–N with tert-alkyl or cyclic N) is 1. The summed E-state index contributed by atoms with van der Waals surface area (Å²) in [4.78, 5) is 6.28. The van der Waals surface area contributed by atoms with Crippen LogP contribution in [0, 0.1) is 5.92 Å². The summed E-state index contributed by atoms with van der Waals surface area (Å²) >= 11 is 5.82. The van der Waals surface area contributed by atoms with E-state index in [2.05, 4.69) is 11.9 Å². The average Bonchev–Trinajstić information content (AvgIpc) is 2.20. The van der Waals surface area contributed by atoms with Gasteiger partial charge in [-0.1, -0.05) is 18.5 Å². The highest BCUT2D eigenvalue weighted by atomic mass is 35.5. The minimum absolute atomic E-state index is 0.289. The van der Waals surface area contributed by atoms with Crippen LogP contribution in [0.4, 0.5) is 11.5 Å². The minimum Gasteiger partial charge on any atom is -0.397 e. The molecule has 2 atom stereocenters. The average molecular weight is 242 g/mol. The Bertz CT molecular complexity index is 375. The van der Waals surface area contributed by atoms with Crippen LogP contribution in [0.5, 0.6) is 0 Å². The zero-order valence-corrected chi connectivity index (χ0v) is 9.98. The van der Waals surface area contributed by atoms with Gasteiger partial charge in [0, 0.05) is 25.4 Å². The molecule has 1 aromatic rings. The van der Waals surface area contributed by atoms with Gasteiger partial charge in [0.15, 0.2) is 0 Å². The van der Waals surface area contributed by atoms with Crippen LogP contribution in [0.15, 0.2) is 12.3 Å². The van der Waals surface area contributed by atoms with E-state index in [1.54, 1.807) is 12.3 Å². The monoisotopic (exact) mass is 241 g/mol. The molecule has 1 fully saturated rings. The van der Waals surface area contributed by atoms with Crippen LogP contribution < -0.4 is 10.6 Å². The molecule has 88 valence electrons. The summed E-state index contributed by atoms with van der Waals surface area (Å²) in [5.74, 6) is 1.25. The summed E-state index contributed by atoms with van der Waals surface area (Å²) in [6, 6.07) is 1.76. The fourth-order valence-electron chi connectivity index (χ4n) is 2.12. The molecule has 1 saturated heterocycles. The van der Waals surface area contributed by atoms with Gasteiger partial charge in [-0.2, -0.15) is 0 Å². The molecule has 0 aromatic carbocycles. The Balaban J connectivity index is 2.19. The number of aliphatic hydroxyl groups excluding tert-OH is 1. The summed E-state index contributed by atoms with van der Waals surface area (Å²) < 4.78 is 0. The first-order chi connectivity index (χ1) is 7.56. The van der Waals surface area contributed by atoms with Gasteiger partial charge >= 0.3 is 0 Å². The van der Waals surface area contributed by atoms with Gasteiger partial charge in [0.25, 0.3) is 0 Å². The third-order valence-corrected chi connectivity index (χ3v) is 3.15. The highest BCUT2D eigenvalue weighted by Gasteiger charge is 2.24. The van der Waals surface area contributed by atoms with Crippen molar-refractivity contribution in [3.8, 4) is 0 Å². The number of aromatic nitrogens is 1. The van der Waals surface area contributed by atoms with Gasteiger partial charge in [0.1, 0.15) is 5.82 Å². The molecule has 5 heteroatoms. The Morgan fingerprint density at radius 2 is 2.31 bits per heavy atom. The van der Waals surface area contributed by atoms with Crippen molar-refractivity contribution in [1.29, 1.82) is 0 Å². The molecule has 2 rings (SSSR count). The number of pyridine rings is 1. The molecule has 0 spiro atoms. The molecule has 16 heavy (non-hydrogen) atoms. The Morgan fingerprint density at radius 1 is 1.56 bits per heavy atom. The molecule has 3 N–H and O–H groups in total. The lowest BCUT2D eigenvalue weighted by molar-refractivity contribution is 0.132. The molecule has 2 heterocycles. The van der Waals surface area contributed by atoms with E-state index in [0.29, 0.717) is 23.2 Å². The Kier molecular flexibility index (Phi) is 3.21. The molecule has 0 radical (unpaired) electrons.